The van der Waals surface area contributed by atoms with Crippen LogP contribution in [0.5, 0.6) is 0 Å². The van der Waals surface area contributed by atoms with E-state index in [0.29, 0.717) is 5.71 Å². The van der Waals surface area contributed by atoms with Gasteiger partial charge >= 0.3 is 0 Å². The first kappa shape index (κ1) is 12.2. The van der Waals surface area contributed by atoms with Gasteiger partial charge in [0.1, 0.15) is 0 Å². The quantitative estimate of drug-likeness (QED) is 0.637. The summed E-state index contributed by atoms with van der Waals surface area (Å²) in [5, 5.41) is 7.64. The standard InChI is InChI=1S/C16H15NO/c1-11(17)15-4-3-5-16(10-15)14-8-6-13(7-9-14)12(2)18/h3-10,17H,1-2H3. The Hall–Kier alpha value is -2.22. The number of Topliss-reactive ketones (excluding diaryl/α,β-unsaturated/α-hetero) is 1. The van der Waals surface area contributed by atoms with Gasteiger partial charge in [-0.05, 0) is 36.6 Å². The molecule has 0 atom stereocenters. The number of rotatable bonds is 3. The Morgan fingerprint density at radius 3 is 2.11 bits per heavy atom. The minimum absolute atomic E-state index is 0.0747. The molecule has 0 unspecified atom stereocenters. The largest absolute Gasteiger partial charge is 0.305 e. The Morgan fingerprint density at radius 1 is 0.889 bits per heavy atom. The summed E-state index contributed by atoms with van der Waals surface area (Å²) < 4.78 is 0. The summed E-state index contributed by atoms with van der Waals surface area (Å²) in [5.74, 6) is 0.0747. The molecule has 0 fully saturated rings. The highest BCUT2D eigenvalue weighted by molar-refractivity contribution is 5.97. The molecule has 90 valence electrons. The molecule has 0 bridgehead atoms. The van der Waals surface area contributed by atoms with Crippen molar-refractivity contribution in [1.82, 2.24) is 0 Å². The van der Waals surface area contributed by atoms with E-state index in [4.69, 9.17) is 5.41 Å². The molecule has 0 amide bonds. The fraction of sp³-hybridized carbons (Fsp3) is 0.125. The van der Waals surface area contributed by atoms with Gasteiger partial charge in [-0.1, -0.05) is 42.5 Å². The Kier molecular flexibility index (Phi) is 3.38. The highest BCUT2D eigenvalue weighted by atomic mass is 16.1. The van der Waals surface area contributed by atoms with Crippen molar-refractivity contribution >= 4 is 11.5 Å². The number of carbonyl (C=O) groups is 1. The second-order valence-corrected chi connectivity index (χ2v) is 4.34. The number of nitrogens with one attached hydrogen (secondary N) is 1. The SMILES string of the molecule is CC(=N)c1cccc(-c2ccc(C(C)=O)cc2)c1. The molecule has 2 nitrogen and oxygen atoms in total. The van der Waals surface area contributed by atoms with Gasteiger partial charge in [-0.3, -0.25) is 4.79 Å². The minimum atomic E-state index is 0.0747. The number of benzene rings is 2. The van der Waals surface area contributed by atoms with E-state index >= 15 is 0 Å². The van der Waals surface area contributed by atoms with E-state index in [2.05, 4.69) is 0 Å². The second-order valence-electron chi connectivity index (χ2n) is 4.34. The van der Waals surface area contributed by atoms with Gasteiger partial charge < -0.3 is 5.41 Å². The van der Waals surface area contributed by atoms with Crippen molar-refractivity contribution < 1.29 is 4.79 Å². The zero-order chi connectivity index (χ0) is 13.1. The van der Waals surface area contributed by atoms with Crippen molar-refractivity contribution in [3.8, 4) is 11.1 Å². The van der Waals surface area contributed by atoms with Crippen molar-refractivity contribution in [2.45, 2.75) is 13.8 Å². The summed E-state index contributed by atoms with van der Waals surface area (Å²) in [7, 11) is 0. The van der Waals surface area contributed by atoms with E-state index in [1.54, 1.807) is 13.8 Å². The zero-order valence-electron chi connectivity index (χ0n) is 10.5. The van der Waals surface area contributed by atoms with E-state index in [9.17, 15) is 4.79 Å². The fourth-order valence-electron chi connectivity index (χ4n) is 1.83. The van der Waals surface area contributed by atoms with E-state index in [1.165, 1.54) is 0 Å². The second kappa shape index (κ2) is 4.96. The Balaban J connectivity index is 2.39. The molecule has 0 saturated heterocycles. The van der Waals surface area contributed by atoms with Crippen LogP contribution in [0.25, 0.3) is 11.1 Å². The van der Waals surface area contributed by atoms with Crippen molar-refractivity contribution in [1.29, 1.82) is 5.41 Å². The third-order valence-electron chi connectivity index (χ3n) is 2.92. The molecule has 0 aromatic heterocycles. The Morgan fingerprint density at radius 2 is 1.56 bits per heavy atom. The monoisotopic (exact) mass is 237 g/mol. The molecule has 2 aromatic rings. The normalized spacial score (nSPS) is 10.1. The predicted octanol–water partition coefficient (Wildman–Crippen LogP) is 3.94. The van der Waals surface area contributed by atoms with Gasteiger partial charge in [0.05, 0.1) is 0 Å². The average Bonchev–Trinajstić information content (AvgIpc) is 2.39. The molecule has 0 aliphatic rings. The number of hydrogen-bond donors (Lipinski definition) is 1. The first-order valence-corrected chi connectivity index (χ1v) is 5.85. The molecule has 18 heavy (non-hydrogen) atoms. The Labute approximate surface area is 107 Å². The van der Waals surface area contributed by atoms with Crippen molar-refractivity contribution in [2.75, 3.05) is 0 Å². The first-order chi connectivity index (χ1) is 8.58. The molecule has 2 aromatic carbocycles. The summed E-state index contributed by atoms with van der Waals surface area (Å²) in [6, 6.07) is 15.4. The molecule has 0 heterocycles. The van der Waals surface area contributed by atoms with Crippen LogP contribution < -0.4 is 0 Å². The Bertz CT molecular complexity index is 597. The predicted molar refractivity (Wildman–Crippen MR) is 74.4 cm³/mol. The number of hydrogen-bond acceptors (Lipinski definition) is 2. The van der Waals surface area contributed by atoms with Crippen LogP contribution in [-0.2, 0) is 0 Å². The van der Waals surface area contributed by atoms with Gasteiger partial charge in [0.2, 0.25) is 0 Å². The summed E-state index contributed by atoms with van der Waals surface area (Å²) in [5.41, 5.74) is 4.32. The van der Waals surface area contributed by atoms with Crippen molar-refractivity contribution in [3.63, 3.8) is 0 Å². The van der Waals surface area contributed by atoms with E-state index in [-0.39, 0.29) is 5.78 Å². The van der Waals surface area contributed by atoms with Gasteiger partial charge in [-0.15, -0.1) is 0 Å². The highest BCUT2D eigenvalue weighted by Gasteiger charge is 2.02. The van der Waals surface area contributed by atoms with Gasteiger partial charge in [-0.2, -0.15) is 0 Å². The molecular formula is C16H15NO. The first-order valence-electron chi connectivity index (χ1n) is 5.85. The molecular weight excluding hydrogens is 222 g/mol. The lowest BCUT2D eigenvalue weighted by Crippen LogP contribution is -1.93. The number of ketones is 1. The maximum atomic E-state index is 11.2. The van der Waals surface area contributed by atoms with Crippen LogP contribution in [0.3, 0.4) is 0 Å². The maximum Gasteiger partial charge on any atom is 0.159 e. The van der Waals surface area contributed by atoms with Gasteiger partial charge in [-0.25, -0.2) is 0 Å². The molecule has 0 aliphatic heterocycles. The van der Waals surface area contributed by atoms with E-state index < -0.39 is 0 Å². The van der Waals surface area contributed by atoms with Crippen LogP contribution in [0.2, 0.25) is 0 Å². The molecule has 2 rings (SSSR count). The van der Waals surface area contributed by atoms with Gasteiger partial charge in [0.25, 0.3) is 0 Å². The average molecular weight is 237 g/mol. The maximum absolute atomic E-state index is 11.2. The zero-order valence-corrected chi connectivity index (χ0v) is 10.5. The molecule has 0 saturated carbocycles. The van der Waals surface area contributed by atoms with Crippen molar-refractivity contribution in [3.05, 3.63) is 59.7 Å². The van der Waals surface area contributed by atoms with Gasteiger partial charge in [0.15, 0.2) is 5.78 Å². The summed E-state index contributed by atoms with van der Waals surface area (Å²) in [4.78, 5) is 11.2. The van der Waals surface area contributed by atoms with E-state index in [1.807, 2.05) is 48.5 Å². The summed E-state index contributed by atoms with van der Waals surface area (Å²) >= 11 is 0. The third-order valence-corrected chi connectivity index (χ3v) is 2.92. The minimum Gasteiger partial charge on any atom is -0.305 e. The van der Waals surface area contributed by atoms with Crippen LogP contribution in [0.4, 0.5) is 0 Å². The lowest BCUT2D eigenvalue weighted by atomic mass is 10.00. The van der Waals surface area contributed by atoms with Crippen LogP contribution in [-0.4, -0.2) is 11.5 Å². The lowest BCUT2D eigenvalue weighted by molar-refractivity contribution is 0.101. The van der Waals surface area contributed by atoms with Crippen molar-refractivity contribution in [2.24, 2.45) is 0 Å². The van der Waals surface area contributed by atoms with E-state index in [0.717, 1.165) is 22.3 Å². The third kappa shape index (κ3) is 2.54. The molecule has 2 heteroatoms. The summed E-state index contributed by atoms with van der Waals surface area (Å²) in [6.45, 7) is 3.34. The number of carbonyl (C=O) groups excluding carboxylic acids is 1. The molecule has 0 aliphatic carbocycles. The smallest absolute Gasteiger partial charge is 0.159 e. The molecule has 1 N–H and O–H groups in total. The topological polar surface area (TPSA) is 40.9 Å². The van der Waals surface area contributed by atoms with Gasteiger partial charge in [0, 0.05) is 11.3 Å². The summed E-state index contributed by atoms with van der Waals surface area (Å²) in [6.07, 6.45) is 0. The lowest BCUT2D eigenvalue weighted by Gasteiger charge is -2.05. The highest BCUT2D eigenvalue weighted by Crippen LogP contribution is 2.21. The fourth-order valence-corrected chi connectivity index (χ4v) is 1.83. The van der Waals surface area contributed by atoms with Crippen LogP contribution in [0.1, 0.15) is 29.8 Å². The molecule has 0 radical (unpaired) electrons. The van der Waals surface area contributed by atoms with Crippen LogP contribution in [0.15, 0.2) is 48.5 Å². The van der Waals surface area contributed by atoms with Crippen LogP contribution in [0, 0.1) is 5.41 Å². The molecule has 0 spiro atoms. The van der Waals surface area contributed by atoms with Crippen LogP contribution >= 0.6 is 0 Å².